The molecule has 1 aromatic carbocycles. The Labute approximate surface area is 390 Å². The minimum Gasteiger partial charge on any atom is -0.414 e. The van der Waals surface area contributed by atoms with Crippen molar-refractivity contribution >= 4 is 36.6 Å². The molecular weight excluding hydrogens is 889 g/mol. The van der Waals surface area contributed by atoms with Crippen molar-refractivity contribution in [2.75, 3.05) is 38.9 Å². The van der Waals surface area contributed by atoms with Crippen LogP contribution in [0.1, 0.15) is 106 Å². The maximum Gasteiger partial charge on any atom is 0.264 e. The number of hydrogen-bond donors (Lipinski definition) is 0. The summed E-state index contributed by atoms with van der Waals surface area (Å²) in [6.45, 7) is 34.7. The monoisotopic (exact) mass is 972 g/mol. The first-order valence-corrected chi connectivity index (χ1v) is 32.7. The molecule has 12 nitrogen and oxygen atoms in total. The molecule has 368 valence electrons. The molecule has 0 N–H and O–H groups in total. The van der Waals surface area contributed by atoms with E-state index in [1.807, 2.05) is 6.92 Å². The van der Waals surface area contributed by atoms with Crippen molar-refractivity contribution in [1.29, 1.82) is 0 Å². The maximum atomic E-state index is 14.0. The molecule has 0 aliphatic carbocycles. The molecule has 4 rings (SSSR count). The fourth-order valence-corrected chi connectivity index (χ4v) is 13.2. The molecule has 0 aromatic heterocycles. The van der Waals surface area contributed by atoms with Crippen molar-refractivity contribution in [2.24, 2.45) is 11.8 Å². The van der Waals surface area contributed by atoms with E-state index in [1.165, 1.54) is 0 Å². The van der Waals surface area contributed by atoms with E-state index in [4.69, 9.17) is 36.7 Å². The number of methoxy groups -OCH3 is 1. The van der Waals surface area contributed by atoms with Crippen molar-refractivity contribution in [2.45, 2.75) is 196 Å². The summed E-state index contributed by atoms with van der Waals surface area (Å²) in [7, 11) is -10.2. The summed E-state index contributed by atoms with van der Waals surface area (Å²) in [4.78, 5) is 0.263. The summed E-state index contributed by atoms with van der Waals surface area (Å²) in [6, 6.07) is 8.55. The largest absolute Gasteiger partial charge is 0.414 e. The molecule has 0 bridgehead atoms. The first-order chi connectivity index (χ1) is 29.5. The minimum atomic E-state index is -3.75. The lowest BCUT2D eigenvalue weighted by molar-refractivity contribution is -0.0588. The second-order valence-electron chi connectivity index (χ2n) is 21.7. The standard InChI is InChI=1S/C48H84O12S2Si2/c1-34(35(2)29-38(59-61(11,49)50)22-25-42-36(3)30-37(57-42)23-26-45-54-27-28-55-45)21-24-43-41(33-62(51,52)40-19-17-16-18-20-40)46(53-10)44(58-43)31-39(60-64(14,15)48(7,8)9)32-56-63(12,13)47(4,5)6/h16-20,35,37-39,41-46H,1,3,21-33H2,2,4-15H3/t35-,37-,38+,39?,41-,42-,43-,44+,46?/m0/s1. The summed E-state index contributed by atoms with van der Waals surface area (Å²) in [5.41, 5.74) is 1.91. The first-order valence-electron chi connectivity index (χ1n) is 23.4. The van der Waals surface area contributed by atoms with Crippen LogP contribution in [0.15, 0.2) is 59.5 Å². The fraction of sp³-hybridized carbons (Fsp3) is 0.792. The summed E-state index contributed by atoms with van der Waals surface area (Å²) in [6.07, 6.45) is 3.76. The topological polar surface area (TPSA) is 142 Å². The molecule has 0 amide bonds. The van der Waals surface area contributed by atoms with Gasteiger partial charge in [0.2, 0.25) is 0 Å². The normalized spacial score (nSPS) is 25.8. The molecule has 9 atom stereocenters. The molecule has 2 unspecified atom stereocenters. The van der Waals surface area contributed by atoms with Gasteiger partial charge in [-0.2, -0.15) is 8.42 Å². The molecule has 3 fully saturated rings. The van der Waals surface area contributed by atoms with E-state index in [0.717, 1.165) is 36.7 Å². The molecule has 3 aliphatic rings. The third-order valence-electron chi connectivity index (χ3n) is 14.4. The molecule has 1 aromatic rings. The van der Waals surface area contributed by atoms with Crippen molar-refractivity contribution in [1.82, 2.24) is 0 Å². The SMILES string of the molecule is C=C1C[C@H](CCC2OCCO2)O[C@H]1CC[C@H](C[C@H](C)C(=C)CC[C@@H]1O[C@H](CC(CO[Si](C)(C)C(C)(C)C)O[Si](C)(C)C(C)(C)C)C(OC)[C@H]1CS(=O)(=O)c1ccccc1)OS(C)(=O)=O. The van der Waals surface area contributed by atoms with Gasteiger partial charge in [0.25, 0.3) is 10.1 Å². The second-order valence-corrected chi connectivity index (χ2v) is 34.9. The summed E-state index contributed by atoms with van der Waals surface area (Å²) in [5, 5.41) is -0.0327. The molecule has 3 heterocycles. The van der Waals surface area contributed by atoms with Crippen molar-refractivity contribution in [3.05, 3.63) is 54.6 Å². The highest BCUT2D eigenvalue weighted by Crippen LogP contribution is 2.43. The van der Waals surface area contributed by atoms with Crippen LogP contribution in [0.2, 0.25) is 36.3 Å². The molecule has 64 heavy (non-hydrogen) atoms. The van der Waals surface area contributed by atoms with Crippen LogP contribution in [-0.2, 0) is 56.7 Å². The zero-order chi connectivity index (χ0) is 47.9. The lowest BCUT2D eigenvalue weighted by Crippen LogP contribution is -2.49. The van der Waals surface area contributed by atoms with Crippen LogP contribution in [-0.4, -0.2) is 121 Å². The van der Waals surface area contributed by atoms with Crippen molar-refractivity contribution in [3.8, 4) is 0 Å². The molecule has 0 spiro atoms. The van der Waals surface area contributed by atoms with E-state index < -0.39 is 66.9 Å². The highest BCUT2D eigenvalue weighted by atomic mass is 32.2. The van der Waals surface area contributed by atoms with Gasteiger partial charge in [-0.3, -0.25) is 4.18 Å². The molecule has 0 radical (unpaired) electrons. The predicted octanol–water partition coefficient (Wildman–Crippen LogP) is 10.0. The van der Waals surface area contributed by atoms with Crippen LogP contribution in [0.4, 0.5) is 0 Å². The predicted molar refractivity (Wildman–Crippen MR) is 260 cm³/mol. The van der Waals surface area contributed by atoms with Gasteiger partial charge in [0.1, 0.15) is 0 Å². The van der Waals surface area contributed by atoms with E-state index >= 15 is 0 Å². The molecule has 3 saturated heterocycles. The number of ether oxygens (including phenoxy) is 5. The zero-order valence-electron chi connectivity index (χ0n) is 41.5. The van der Waals surface area contributed by atoms with Gasteiger partial charge in [-0.15, -0.1) is 0 Å². The highest BCUT2D eigenvalue weighted by Gasteiger charge is 2.49. The lowest BCUT2D eigenvalue weighted by atomic mass is 9.88. The second kappa shape index (κ2) is 22.9. The highest BCUT2D eigenvalue weighted by molar-refractivity contribution is 7.91. The van der Waals surface area contributed by atoms with E-state index in [-0.39, 0.29) is 51.2 Å². The number of allylic oxidation sites excluding steroid dienone is 1. The average molecular weight is 973 g/mol. The van der Waals surface area contributed by atoms with E-state index in [2.05, 4.69) is 80.9 Å². The molecule has 0 saturated carbocycles. The van der Waals surface area contributed by atoms with E-state index in [0.29, 0.717) is 58.3 Å². The van der Waals surface area contributed by atoms with Gasteiger partial charge in [0, 0.05) is 25.9 Å². The molecule has 16 heteroatoms. The van der Waals surface area contributed by atoms with Crippen LogP contribution in [0.3, 0.4) is 0 Å². The van der Waals surface area contributed by atoms with Gasteiger partial charge in [0.15, 0.2) is 32.8 Å². The van der Waals surface area contributed by atoms with Gasteiger partial charge in [-0.05, 0) is 105 Å². The Morgan fingerprint density at radius 1 is 0.859 bits per heavy atom. The van der Waals surface area contributed by atoms with Crippen LogP contribution in [0, 0.1) is 11.8 Å². The van der Waals surface area contributed by atoms with Gasteiger partial charge in [-0.25, -0.2) is 8.42 Å². The van der Waals surface area contributed by atoms with Crippen LogP contribution >= 0.6 is 0 Å². The van der Waals surface area contributed by atoms with Crippen molar-refractivity contribution in [3.63, 3.8) is 0 Å². The number of hydrogen-bond acceptors (Lipinski definition) is 12. The van der Waals surface area contributed by atoms with E-state index in [9.17, 15) is 16.8 Å². The van der Waals surface area contributed by atoms with Gasteiger partial charge in [-0.1, -0.05) is 85.4 Å². The summed E-state index contributed by atoms with van der Waals surface area (Å²) < 4.78 is 103. The van der Waals surface area contributed by atoms with Crippen molar-refractivity contribution < 1.29 is 53.6 Å². The zero-order valence-corrected chi connectivity index (χ0v) is 45.1. The first kappa shape index (κ1) is 55.3. The maximum absolute atomic E-state index is 14.0. The van der Waals surface area contributed by atoms with Crippen LogP contribution in [0.25, 0.3) is 0 Å². The lowest BCUT2D eigenvalue weighted by Gasteiger charge is -2.42. The van der Waals surface area contributed by atoms with E-state index in [1.54, 1.807) is 37.4 Å². The minimum absolute atomic E-state index is 0.00981. The molecular formula is C48H84O12S2Si2. The Balaban J connectivity index is 1.50. The number of sulfone groups is 1. The Morgan fingerprint density at radius 3 is 2.06 bits per heavy atom. The van der Waals surface area contributed by atoms with Crippen LogP contribution < -0.4 is 0 Å². The van der Waals surface area contributed by atoms with Gasteiger partial charge in [0.05, 0.1) is 79.5 Å². The molecule has 3 aliphatic heterocycles. The Hall–Kier alpha value is -1.29. The summed E-state index contributed by atoms with van der Waals surface area (Å²) in [5.74, 6) is -0.717. The third-order valence-corrected chi connectivity index (χ3v) is 25.9. The fourth-order valence-electron chi connectivity index (χ4n) is 8.45. The Morgan fingerprint density at radius 2 is 1.48 bits per heavy atom. The van der Waals surface area contributed by atoms with Gasteiger partial charge >= 0.3 is 0 Å². The quantitative estimate of drug-likeness (QED) is 0.0523. The third kappa shape index (κ3) is 16.2. The number of benzene rings is 1. The van der Waals surface area contributed by atoms with Crippen LogP contribution in [0.5, 0.6) is 0 Å². The Bertz CT molecular complexity index is 1870. The average Bonchev–Trinajstić information content (AvgIpc) is 3.91. The smallest absolute Gasteiger partial charge is 0.264 e. The summed E-state index contributed by atoms with van der Waals surface area (Å²) >= 11 is 0. The Kier molecular flexibility index (Phi) is 19.8. The van der Waals surface area contributed by atoms with Gasteiger partial charge < -0.3 is 32.5 Å². The number of rotatable bonds is 25.